The van der Waals surface area contributed by atoms with Crippen LogP contribution >= 0.6 is 0 Å². The van der Waals surface area contributed by atoms with Crippen molar-refractivity contribution in [3.05, 3.63) is 28.8 Å². The van der Waals surface area contributed by atoms with E-state index >= 15 is 4.39 Å². The molecule has 2 fully saturated rings. The lowest BCUT2D eigenvalue weighted by atomic mass is 9.96. The average molecular weight is 662 g/mol. The normalized spacial score (nSPS) is 23.6. The van der Waals surface area contributed by atoms with Crippen LogP contribution in [0, 0.1) is 24.5 Å². The third kappa shape index (κ3) is 5.66. The predicted molar refractivity (Wildman–Crippen MR) is 148 cm³/mol. The second kappa shape index (κ2) is 11.2. The van der Waals surface area contributed by atoms with Gasteiger partial charge in [-0.3, -0.25) is 4.79 Å². The van der Waals surface area contributed by atoms with Crippen molar-refractivity contribution in [3.63, 3.8) is 0 Å². The van der Waals surface area contributed by atoms with Gasteiger partial charge in [-0.05, 0) is 37.8 Å². The quantitative estimate of drug-likeness (QED) is 0.223. The van der Waals surface area contributed by atoms with E-state index in [2.05, 4.69) is 25.6 Å². The summed E-state index contributed by atoms with van der Waals surface area (Å²) in [7, 11) is 0. The molecular weight excluding hydrogens is 634 g/mol. The number of alkyl halides is 6. The maximum atomic E-state index is 16.6. The molecule has 3 aliphatic rings. The van der Waals surface area contributed by atoms with Crippen molar-refractivity contribution in [3.8, 4) is 17.1 Å². The van der Waals surface area contributed by atoms with Gasteiger partial charge in [0.05, 0.1) is 17.2 Å². The first-order chi connectivity index (χ1) is 21.5. The number of rotatable bonds is 3. The number of nitrogens with two attached hydrogens (primary N) is 1. The van der Waals surface area contributed by atoms with Crippen LogP contribution in [0.25, 0.3) is 22.2 Å². The summed E-state index contributed by atoms with van der Waals surface area (Å²) in [5.74, 6) is -6.16. The monoisotopic (exact) mass is 661 g/mol. The second-order valence-corrected chi connectivity index (χ2v) is 11.7. The molecule has 3 unspecified atom stereocenters. The minimum atomic E-state index is -5.26. The smallest absolute Gasteiger partial charge is 0.425 e. The van der Waals surface area contributed by atoms with Gasteiger partial charge in [-0.2, -0.15) is 31.3 Å². The van der Waals surface area contributed by atoms with E-state index in [1.807, 2.05) is 0 Å². The Hall–Kier alpha value is -4.22. The van der Waals surface area contributed by atoms with Crippen LogP contribution in [0.1, 0.15) is 36.8 Å². The number of nitrogens with one attached hydrogen (secondary N) is 2. The van der Waals surface area contributed by atoms with Gasteiger partial charge in [-0.1, -0.05) is 0 Å². The van der Waals surface area contributed by atoms with Gasteiger partial charge in [0.2, 0.25) is 11.8 Å². The second-order valence-electron chi connectivity index (χ2n) is 11.7. The summed E-state index contributed by atoms with van der Waals surface area (Å²) < 4.78 is 123. The Morgan fingerprint density at radius 3 is 2.43 bits per heavy atom. The SMILES string of the molecule is Cc1c(F)c(N)cc(-c2nc3c4c(nc(N5CCC(C(=O)O)C5)nc4c2F)NCC2CCC(C[C@H](C(F)(F)F)O3)N2)c1C(F)(F)F. The molecule has 1 aromatic carbocycles. The Balaban J connectivity index is 1.65. The van der Waals surface area contributed by atoms with E-state index in [1.54, 1.807) is 0 Å². The molecule has 2 bridgehead atoms. The molecule has 2 saturated heterocycles. The standard InChI is InChI=1S/C28H27F8N7O3/c1-10-18(28(34,35)36)14(7-15(37)19(10)29)21-20(30)22-17-23(42-26(41-22)43-5-4-11(9-43)25(44)45)38-8-13-3-2-12(39-13)6-16(27(31,32)33)46-24(17)40-21/h7,11-13,16,39H,2-6,8-9,37H2,1H3,(H,44,45)(H,38,41,42)/t11?,12?,13?,16-/m1/s1. The van der Waals surface area contributed by atoms with Crippen molar-refractivity contribution in [2.24, 2.45) is 5.92 Å². The number of aromatic nitrogens is 3. The maximum Gasteiger partial charge on any atom is 0.425 e. The van der Waals surface area contributed by atoms with E-state index in [4.69, 9.17) is 10.5 Å². The molecule has 3 aromatic rings. The maximum absolute atomic E-state index is 16.6. The fraction of sp³-hybridized carbons (Fsp3) is 0.500. The lowest BCUT2D eigenvalue weighted by Crippen LogP contribution is -2.42. The van der Waals surface area contributed by atoms with E-state index in [1.165, 1.54) is 4.90 Å². The van der Waals surface area contributed by atoms with Crippen molar-refractivity contribution < 1.29 is 49.8 Å². The number of carboxylic acid groups (broad SMARTS) is 1. The number of anilines is 3. The molecule has 3 aliphatic heterocycles. The predicted octanol–water partition coefficient (Wildman–Crippen LogP) is 5.04. The highest BCUT2D eigenvalue weighted by Crippen LogP contribution is 2.45. The number of halogens is 8. The van der Waals surface area contributed by atoms with Crippen molar-refractivity contribution >= 4 is 34.3 Å². The molecular formula is C28H27F8N7O3. The summed E-state index contributed by atoms with van der Waals surface area (Å²) >= 11 is 0. The molecule has 248 valence electrons. The third-order valence-electron chi connectivity index (χ3n) is 8.59. The van der Waals surface area contributed by atoms with Gasteiger partial charge in [-0.15, -0.1) is 0 Å². The van der Waals surface area contributed by atoms with Crippen LogP contribution in [0.5, 0.6) is 5.88 Å². The van der Waals surface area contributed by atoms with Gasteiger partial charge < -0.3 is 31.1 Å². The van der Waals surface area contributed by atoms with Gasteiger partial charge >= 0.3 is 18.3 Å². The van der Waals surface area contributed by atoms with Crippen molar-refractivity contribution in [1.29, 1.82) is 0 Å². The molecule has 10 nitrogen and oxygen atoms in total. The van der Waals surface area contributed by atoms with E-state index in [9.17, 15) is 40.6 Å². The highest BCUT2D eigenvalue weighted by atomic mass is 19.4. The number of ether oxygens (including phenoxy) is 1. The number of aliphatic carboxylic acids is 1. The van der Waals surface area contributed by atoms with Crippen LogP contribution in [0.2, 0.25) is 0 Å². The molecule has 4 atom stereocenters. The zero-order valence-corrected chi connectivity index (χ0v) is 24.0. The van der Waals surface area contributed by atoms with Crippen LogP contribution in [0.4, 0.5) is 52.6 Å². The molecule has 0 radical (unpaired) electrons. The van der Waals surface area contributed by atoms with E-state index < -0.39 is 99.3 Å². The molecule has 18 heteroatoms. The fourth-order valence-corrected chi connectivity index (χ4v) is 6.29. The van der Waals surface area contributed by atoms with Gasteiger partial charge in [0.1, 0.15) is 28.2 Å². The molecule has 5 N–H and O–H groups in total. The zero-order valence-electron chi connectivity index (χ0n) is 24.0. The third-order valence-corrected chi connectivity index (χ3v) is 8.59. The number of fused-ring (bicyclic) bond motifs is 2. The summed E-state index contributed by atoms with van der Waals surface area (Å²) in [5.41, 5.74) is -0.673. The highest BCUT2D eigenvalue weighted by molar-refractivity contribution is 5.97. The first-order valence-electron chi connectivity index (χ1n) is 14.3. The summed E-state index contributed by atoms with van der Waals surface area (Å²) in [5, 5.41) is 15.1. The summed E-state index contributed by atoms with van der Waals surface area (Å²) in [4.78, 5) is 25.5. The van der Waals surface area contributed by atoms with Gasteiger partial charge in [0, 0.05) is 43.7 Å². The Labute approximate surface area is 255 Å². The number of carboxylic acids is 1. The number of pyridine rings is 1. The Morgan fingerprint density at radius 2 is 1.78 bits per heavy atom. The molecule has 0 spiro atoms. The minimum Gasteiger partial charge on any atom is -0.481 e. The first kappa shape index (κ1) is 31.7. The van der Waals surface area contributed by atoms with Gasteiger partial charge in [0.25, 0.3) is 0 Å². The Bertz CT molecular complexity index is 1720. The highest BCUT2D eigenvalue weighted by Gasteiger charge is 2.46. The number of benzene rings is 1. The fourth-order valence-electron chi connectivity index (χ4n) is 6.29. The number of carbonyl (C=O) groups is 1. The molecule has 2 aromatic heterocycles. The van der Waals surface area contributed by atoms with Crippen LogP contribution in [0.3, 0.4) is 0 Å². The van der Waals surface area contributed by atoms with Crippen LogP contribution < -0.4 is 26.0 Å². The van der Waals surface area contributed by atoms with Crippen LogP contribution in [-0.4, -0.2) is 70.0 Å². The van der Waals surface area contributed by atoms with Crippen LogP contribution in [0.15, 0.2) is 6.07 Å². The van der Waals surface area contributed by atoms with E-state index in [-0.39, 0.29) is 43.9 Å². The molecule has 6 rings (SSSR count). The van der Waals surface area contributed by atoms with E-state index in [0.29, 0.717) is 18.9 Å². The topological polar surface area (TPSA) is 139 Å². The summed E-state index contributed by atoms with van der Waals surface area (Å²) in [6.45, 7) is 0.932. The molecule has 0 saturated carbocycles. The zero-order chi connectivity index (χ0) is 33.3. The van der Waals surface area contributed by atoms with Crippen molar-refractivity contribution in [1.82, 2.24) is 20.3 Å². The molecule has 0 aliphatic carbocycles. The van der Waals surface area contributed by atoms with Gasteiger partial charge in [-0.25, -0.2) is 18.7 Å². The minimum absolute atomic E-state index is 0.0862. The van der Waals surface area contributed by atoms with E-state index in [0.717, 1.165) is 6.92 Å². The molecule has 0 amide bonds. The summed E-state index contributed by atoms with van der Waals surface area (Å²) in [6, 6.07) is -0.441. The summed E-state index contributed by atoms with van der Waals surface area (Å²) in [6.07, 6.45) is -12.3. The average Bonchev–Trinajstić information content (AvgIpc) is 3.63. The van der Waals surface area contributed by atoms with Crippen molar-refractivity contribution in [2.75, 3.05) is 35.6 Å². The first-order valence-corrected chi connectivity index (χ1v) is 14.3. The number of nitrogens with zero attached hydrogens (tertiary/aromatic N) is 4. The lowest BCUT2D eigenvalue weighted by Gasteiger charge is -2.26. The molecule has 46 heavy (non-hydrogen) atoms. The van der Waals surface area contributed by atoms with Crippen molar-refractivity contribution in [2.45, 2.75) is 63.1 Å². The van der Waals surface area contributed by atoms with Gasteiger partial charge in [0.15, 0.2) is 11.9 Å². The molecule has 5 heterocycles. The largest absolute Gasteiger partial charge is 0.481 e. The number of nitrogen functional groups attached to an aromatic ring is 1. The number of hydrogen-bond donors (Lipinski definition) is 4. The lowest BCUT2D eigenvalue weighted by molar-refractivity contribution is -0.198. The Kier molecular flexibility index (Phi) is 7.76. The Morgan fingerprint density at radius 1 is 1.07 bits per heavy atom. The number of hydrogen-bond acceptors (Lipinski definition) is 9. The van der Waals surface area contributed by atoms with Crippen LogP contribution in [-0.2, 0) is 11.0 Å².